The van der Waals surface area contributed by atoms with E-state index in [9.17, 15) is 4.79 Å². The third-order valence-electron chi connectivity index (χ3n) is 1.27. The van der Waals surface area contributed by atoms with Gasteiger partial charge in [0.1, 0.15) is 0 Å². The van der Waals surface area contributed by atoms with Crippen LogP contribution in [0, 0.1) is 5.41 Å². The fourth-order valence-corrected chi connectivity index (χ4v) is 0.631. The summed E-state index contributed by atoms with van der Waals surface area (Å²) in [7, 11) is 0. The Balaban J connectivity index is 3.90. The molecule has 0 atom stereocenters. The van der Waals surface area contributed by atoms with Crippen molar-refractivity contribution in [1.82, 2.24) is 0 Å². The summed E-state index contributed by atoms with van der Waals surface area (Å²) in [6.45, 7) is 7.92. The van der Waals surface area contributed by atoms with Crippen molar-refractivity contribution in [2.24, 2.45) is 16.3 Å². The summed E-state index contributed by atoms with van der Waals surface area (Å²) in [4.78, 5) is 15.7. The predicted molar refractivity (Wildman–Crippen MR) is 52.3 cm³/mol. The van der Waals surface area contributed by atoms with Gasteiger partial charge in [-0.15, -0.1) is 0 Å². The minimum absolute atomic E-state index is 0.0662. The normalized spacial score (nSPS) is 12.8. The standard InChI is InChI=1S/C9H18N2O2/c1-7(6-10)11-13-8(12)5-9(2,3)4/h5-6,10H2,1-4H3/b11-7-. The molecule has 0 rings (SSSR count). The summed E-state index contributed by atoms with van der Waals surface area (Å²) >= 11 is 0. The SMILES string of the molecule is C/C(CN)=N/OC(=O)CC(C)(C)C. The zero-order valence-corrected chi connectivity index (χ0v) is 8.76. The first kappa shape index (κ1) is 12.1. The number of oxime groups is 1. The Morgan fingerprint density at radius 3 is 2.38 bits per heavy atom. The van der Waals surface area contributed by atoms with Crippen LogP contribution < -0.4 is 5.73 Å². The van der Waals surface area contributed by atoms with Gasteiger partial charge in [0.25, 0.3) is 0 Å². The maximum Gasteiger partial charge on any atom is 0.335 e. The van der Waals surface area contributed by atoms with Gasteiger partial charge in [0, 0.05) is 6.54 Å². The van der Waals surface area contributed by atoms with Crippen LogP contribution in [0.4, 0.5) is 0 Å². The second-order valence-electron chi connectivity index (χ2n) is 4.23. The lowest BCUT2D eigenvalue weighted by Gasteiger charge is -2.14. The van der Waals surface area contributed by atoms with Crippen molar-refractivity contribution in [2.75, 3.05) is 6.54 Å². The average Bonchev–Trinajstić information content (AvgIpc) is 1.97. The molecule has 0 aliphatic heterocycles. The highest BCUT2D eigenvalue weighted by Gasteiger charge is 2.17. The Morgan fingerprint density at radius 2 is 2.00 bits per heavy atom. The number of hydrogen-bond acceptors (Lipinski definition) is 4. The lowest BCUT2D eigenvalue weighted by Crippen LogP contribution is -2.15. The number of carbonyl (C=O) groups is 1. The molecule has 0 amide bonds. The Hall–Kier alpha value is -0.900. The molecule has 0 unspecified atom stereocenters. The largest absolute Gasteiger partial charge is 0.335 e. The third kappa shape index (κ3) is 7.46. The first-order valence-corrected chi connectivity index (χ1v) is 4.28. The van der Waals surface area contributed by atoms with Crippen LogP contribution >= 0.6 is 0 Å². The number of nitrogens with two attached hydrogens (primary N) is 1. The first-order chi connectivity index (χ1) is 5.85. The zero-order valence-electron chi connectivity index (χ0n) is 8.76. The zero-order chi connectivity index (χ0) is 10.5. The van der Waals surface area contributed by atoms with Crippen LogP contribution in [0.15, 0.2) is 5.16 Å². The van der Waals surface area contributed by atoms with Crippen LogP contribution in [0.2, 0.25) is 0 Å². The molecule has 0 fully saturated rings. The lowest BCUT2D eigenvalue weighted by molar-refractivity contribution is -0.145. The Morgan fingerprint density at radius 1 is 1.46 bits per heavy atom. The molecule has 0 aromatic heterocycles. The van der Waals surface area contributed by atoms with Gasteiger partial charge in [-0.1, -0.05) is 25.9 Å². The molecule has 0 radical (unpaired) electrons. The van der Waals surface area contributed by atoms with Gasteiger partial charge in [-0.2, -0.15) is 0 Å². The molecule has 0 saturated heterocycles. The Labute approximate surface area is 79.1 Å². The fourth-order valence-electron chi connectivity index (χ4n) is 0.631. The van der Waals surface area contributed by atoms with Crippen molar-refractivity contribution in [1.29, 1.82) is 0 Å². The van der Waals surface area contributed by atoms with Crippen LogP contribution in [-0.2, 0) is 9.63 Å². The first-order valence-electron chi connectivity index (χ1n) is 4.28. The molecule has 0 saturated carbocycles. The van der Waals surface area contributed by atoms with Gasteiger partial charge < -0.3 is 10.6 Å². The van der Waals surface area contributed by atoms with E-state index < -0.39 is 0 Å². The lowest BCUT2D eigenvalue weighted by atomic mass is 9.93. The molecule has 0 aromatic carbocycles. The quantitative estimate of drug-likeness (QED) is 0.410. The van der Waals surface area contributed by atoms with Gasteiger partial charge in [-0.3, -0.25) is 0 Å². The molecule has 0 aliphatic rings. The van der Waals surface area contributed by atoms with Crippen LogP contribution in [0.5, 0.6) is 0 Å². The maximum absolute atomic E-state index is 11.1. The minimum Gasteiger partial charge on any atom is -0.325 e. The molecular formula is C9H18N2O2. The predicted octanol–water partition coefficient (Wildman–Crippen LogP) is 1.30. The minimum atomic E-state index is -0.319. The van der Waals surface area contributed by atoms with E-state index in [-0.39, 0.29) is 11.4 Å². The summed E-state index contributed by atoms with van der Waals surface area (Å²) in [6, 6.07) is 0. The summed E-state index contributed by atoms with van der Waals surface area (Å²) in [5.41, 5.74) is 5.81. The van der Waals surface area contributed by atoms with E-state index >= 15 is 0 Å². The van der Waals surface area contributed by atoms with Crippen LogP contribution in [0.25, 0.3) is 0 Å². The van der Waals surface area contributed by atoms with E-state index in [1.54, 1.807) is 6.92 Å². The molecule has 0 bridgehead atoms. The van der Waals surface area contributed by atoms with E-state index in [0.29, 0.717) is 18.7 Å². The highest BCUT2D eigenvalue weighted by atomic mass is 16.7. The van der Waals surface area contributed by atoms with Gasteiger partial charge in [0.05, 0.1) is 12.1 Å². The topological polar surface area (TPSA) is 64.7 Å². The highest BCUT2D eigenvalue weighted by Crippen LogP contribution is 2.18. The van der Waals surface area contributed by atoms with Crippen molar-refractivity contribution in [2.45, 2.75) is 34.1 Å². The van der Waals surface area contributed by atoms with Crippen molar-refractivity contribution < 1.29 is 9.63 Å². The molecule has 0 heterocycles. The van der Waals surface area contributed by atoms with Gasteiger partial charge in [-0.05, 0) is 12.3 Å². The van der Waals surface area contributed by atoms with E-state index in [1.165, 1.54) is 0 Å². The van der Waals surface area contributed by atoms with E-state index in [2.05, 4.69) is 9.99 Å². The average molecular weight is 186 g/mol. The van der Waals surface area contributed by atoms with Gasteiger partial charge in [-0.25, -0.2) is 4.79 Å². The van der Waals surface area contributed by atoms with Gasteiger partial charge in [0.2, 0.25) is 0 Å². The van der Waals surface area contributed by atoms with E-state index in [0.717, 1.165) is 0 Å². The third-order valence-corrected chi connectivity index (χ3v) is 1.27. The van der Waals surface area contributed by atoms with Gasteiger partial charge >= 0.3 is 5.97 Å². The van der Waals surface area contributed by atoms with Crippen LogP contribution in [0.3, 0.4) is 0 Å². The molecule has 0 aromatic rings. The molecule has 0 aliphatic carbocycles. The summed E-state index contributed by atoms with van der Waals surface area (Å²) in [5, 5.41) is 3.57. The van der Waals surface area contributed by atoms with Crippen LogP contribution in [-0.4, -0.2) is 18.2 Å². The molecule has 13 heavy (non-hydrogen) atoms. The molecule has 4 heteroatoms. The molecule has 76 valence electrons. The van der Waals surface area contributed by atoms with Crippen molar-refractivity contribution in [3.05, 3.63) is 0 Å². The van der Waals surface area contributed by atoms with Gasteiger partial charge in [0.15, 0.2) is 0 Å². The summed E-state index contributed by atoms with van der Waals surface area (Å²) < 4.78 is 0. The number of hydrogen-bond donors (Lipinski definition) is 1. The number of nitrogens with zero attached hydrogens (tertiary/aromatic N) is 1. The summed E-state index contributed by atoms with van der Waals surface area (Å²) in [5.74, 6) is -0.319. The second-order valence-corrected chi connectivity index (χ2v) is 4.23. The molecule has 2 N–H and O–H groups in total. The summed E-state index contributed by atoms with van der Waals surface area (Å²) in [6.07, 6.45) is 0.356. The fraction of sp³-hybridized carbons (Fsp3) is 0.778. The van der Waals surface area contributed by atoms with Crippen LogP contribution in [0.1, 0.15) is 34.1 Å². The van der Waals surface area contributed by atoms with E-state index in [4.69, 9.17) is 5.73 Å². The monoisotopic (exact) mass is 186 g/mol. The molecule has 4 nitrogen and oxygen atoms in total. The second kappa shape index (κ2) is 4.97. The Bertz CT molecular complexity index is 204. The van der Waals surface area contributed by atoms with Crippen molar-refractivity contribution in [3.63, 3.8) is 0 Å². The van der Waals surface area contributed by atoms with Crippen molar-refractivity contribution >= 4 is 11.7 Å². The molecule has 0 spiro atoms. The molecular weight excluding hydrogens is 168 g/mol. The maximum atomic E-state index is 11.1. The smallest absolute Gasteiger partial charge is 0.325 e. The number of rotatable bonds is 3. The highest BCUT2D eigenvalue weighted by molar-refractivity contribution is 5.84. The number of carbonyl (C=O) groups excluding carboxylic acids is 1. The Kier molecular flexibility index (Phi) is 4.62. The van der Waals surface area contributed by atoms with E-state index in [1.807, 2.05) is 20.8 Å². The van der Waals surface area contributed by atoms with Crippen molar-refractivity contribution in [3.8, 4) is 0 Å².